The van der Waals surface area contributed by atoms with Crippen molar-refractivity contribution in [3.8, 4) is 0 Å². The van der Waals surface area contributed by atoms with Crippen molar-refractivity contribution in [2.75, 3.05) is 0 Å². The van der Waals surface area contributed by atoms with Crippen molar-refractivity contribution >= 4 is 5.97 Å². The fourth-order valence-corrected chi connectivity index (χ4v) is 1.14. The lowest BCUT2D eigenvalue weighted by atomic mass is 9.90. The third-order valence-electron chi connectivity index (χ3n) is 1.65. The first-order valence-corrected chi connectivity index (χ1v) is 4.40. The summed E-state index contributed by atoms with van der Waals surface area (Å²) in [5, 5.41) is 15.9. The van der Waals surface area contributed by atoms with Crippen LogP contribution in [-0.4, -0.2) is 21.4 Å². The van der Waals surface area contributed by atoms with Gasteiger partial charge < -0.3 is 5.11 Å². The van der Waals surface area contributed by atoms with Gasteiger partial charge in [-0.15, -0.1) is 0 Å². The Kier molecular flexibility index (Phi) is 2.88. The summed E-state index contributed by atoms with van der Waals surface area (Å²) in [6.45, 7) is 6.14. The highest BCUT2D eigenvalue weighted by Gasteiger charge is 2.19. The maximum atomic E-state index is 10.5. The van der Waals surface area contributed by atoms with E-state index in [9.17, 15) is 4.79 Å². The van der Waals surface area contributed by atoms with Crippen LogP contribution in [0.4, 0.5) is 0 Å². The van der Waals surface area contributed by atoms with Crippen molar-refractivity contribution in [1.29, 1.82) is 0 Å². The van der Waals surface area contributed by atoms with Crippen molar-refractivity contribution in [3.63, 3.8) is 0 Å². The van der Waals surface area contributed by atoms with E-state index in [1.54, 1.807) is 0 Å². The maximum absolute atomic E-state index is 10.5. The van der Waals surface area contributed by atoms with Crippen molar-refractivity contribution in [2.24, 2.45) is 5.41 Å². The number of nitrogens with zero attached hydrogens (tertiary/aromatic N) is 2. The summed E-state index contributed by atoms with van der Waals surface area (Å²) >= 11 is 0. The van der Waals surface area contributed by atoms with Gasteiger partial charge in [0.2, 0.25) is 0 Å². The quantitative estimate of drug-likeness (QED) is 0.791. The van der Waals surface area contributed by atoms with Crippen LogP contribution in [0.5, 0.6) is 0 Å². The summed E-state index contributed by atoms with van der Waals surface area (Å²) < 4.78 is 4.53. The average Bonchev–Trinajstić information content (AvgIpc) is 2.32. The summed E-state index contributed by atoms with van der Waals surface area (Å²) in [5.74, 6) is -0.921. The molecule has 78 valence electrons. The molecule has 0 atom stereocenters. The van der Waals surface area contributed by atoms with Crippen LogP contribution >= 0.6 is 0 Å². The van der Waals surface area contributed by atoms with Crippen molar-refractivity contribution < 1.29 is 14.5 Å². The zero-order chi connectivity index (χ0) is 10.8. The molecule has 0 aliphatic rings. The van der Waals surface area contributed by atoms with Crippen molar-refractivity contribution in [3.05, 3.63) is 11.4 Å². The monoisotopic (exact) mass is 198 g/mol. The highest BCUT2D eigenvalue weighted by atomic mass is 16.6. The number of hydrogen-bond donors (Lipinski definition) is 1. The largest absolute Gasteiger partial charge is 0.481 e. The second-order valence-corrected chi connectivity index (χ2v) is 4.47. The minimum Gasteiger partial charge on any atom is -0.481 e. The molecule has 5 heteroatoms. The summed E-state index contributed by atoms with van der Waals surface area (Å²) in [6.07, 6.45) is 0.536. The van der Waals surface area contributed by atoms with E-state index in [4.69, 9.17) is 5.11 Å². The second-order valence-electron chi connectivity index (χ2n) is 4.47. The normalized spacial score (nSPS) is 11.6. The third-order valence-corrected chi connectivity index (χ3v) is 1.65. The number of hydrogen-bond acceptors (Lipinski definition) is 4. The molecule has 1 aromatic rings. The molecule has 5 nitrogen and oxygen atoms in total. The number of carboxylic acids is 1. The smallest absolute Gasteiger partial charge is 0.309 e. The third kappa shape index (κ3) is 3.16. The Bertz CT molecular complexity index is 325. The van der Waals surface area contributed by atoms with Crippen molar-refractivity contribution in [2.45, 2.75) is 33.6 Å². The van der Waals surface area contributed by atoms with Gasteiger partial charge in [0.05, 0.1) is 6.42 Å². The Hall–Kier alpha value is -1.39. The molecule has 0 amide bonds. The molecule has 1 N–H and O–H groups in total. The van der Waals surface area contributed by atoms with Gasteiger partial charge in [-0.3, -0.25) is 4.79 Å². The molecule has 0 aliphatic carbocycles. The molecule has 1 rings (SSSR count). The lowest BCUT2D eigenvalue weighted by Gasteiger charge is -2.15. The zero-order valence-electron chi connectivity index (χ0n) is 8.57. The summed E-state index contributed by atoms with van der Waals surface area (Å²) in [4.78, 5) is 10.5. The van der Waals surface area contributed by atoms with Crippen LogP contribution in [0.25, 0.3) is 0 Å². The fourth-order valence-electron chi connectivity index (χ4n) is 1.14. The van der Waals surface area contributed by atoms with E-state index in [0.29, 0.717) is 17.8 Å². The van der Waals surface area contributed by atoms with E-state index in [1.807, 2.05) is 20.8 Å². The molecule has 1 heterocycles. The Morgan fingerprint density at radius 2 is 1.93 bits per heavy atom. The van der Waals surface area contributed by atoms with E-state index in [0.717, 1.165) is 0 Å². The minimum atomic E-state index is -0.921. The van der Waals surface area contributed by atoms with Gasteiger partial charge in [-0.1, -0.05) is 31.1 Å². The van der Waals surface area contributed by atoms with Gasteiger partial charge in [-0.05, 0) is 11.8 Å². The van der Waals surface area contributed by atoms with E-state index in [2.05, 4.69) is 14.9 Å². The Labute approximate surface area is 82.1 Å². The predicted molar refractivity (Wildman–Crippen MR) is 48.8 cm³/mol. The molecule has 14 heavy (non-hydrogen) atoms. The van der Waals surface area contributed by atoms with E-state index < -0.39 is 5.97 Å². The van der Waals surface area contributed by atoms with Gasteiger partial charge in [0.25, 0.3) is 0 Å². The molecule has 0 aromatic carbocycles. The molecule has 0 spiro atoms. The predicted octanol–water partition coefficient (Wildman–Crippen LogP) is 1.29. The van der Waals surface area contributed by atoms with Crippen LogP contribution in [-0.2, 0) is 17.6 Å². The average molecular weight is 198 g/mol. The molecule has 0 aliphatic heterocycles. The summed E-state index contributed by atoms with van der Waals surface area (Å²) in [5.41, 5.74) is 1.11. The molecule has 0 radical (unpaired) electrons. The minimum absolute atomic E-state index is 0.0474. The first kappa shape index (κ1) is 10.7. The fraction of sp³-hybridized carbons (Fsp3) is 0.667. The van der Waals surface area contributed by atoms with Gasteiger partial charge in [0.15, 0.2) is 0 Å². The van der Waals surface area contributed by atoms with Gasteiger partial charge in [-0.25, -0.2) is 4.63 Å². The van der Waals surface area contributed by atoms with E-state index in [1.165, 1.54) is 0 Å². The number of aliphatic carboxylic acids is 1. The number of carbonyl (C=O) groups is 1. The van der Waals surface area contributed by atoms with Crippen LogP contribution in [0.15, 0.2) is 4.63 Å². The van der Waals surface area contributed by atoms with Gasteiger partial charge in [-0.2, -0.15) is 0 Å². The molecular weight excluding hydrogens is 184 g/mol. The van der Waals surface area contributed by atoms with Gasteiger partial charge in [0, 0.05) is 0 Å². The molecule has 0 saturated carbocycles. The highest BCUT2D eigenvalue weighted by Crippen LogP contribution is 2.21. The lowest BCUT2D eigenvalue weighted by Crippen LogP contribution is -2.12. The lowest BCUT2D eigenvalue weighted by molar-refractivity contribution is -0.136. The van der Waals surface area contributed by atoms with Gasteiger partial charge in [0.1, 0.15) is 11.4 Å². The Morgan fingerprint density at radius 1 is 1.36 bits per heavy atom. The Balaban J connectivity index is 2.77. The number of carboxylic acid groups (broad SMARTS) is 1. The first-order valence-electron chi connectivity index (χ1n) is 4.40. The summed E-state index contributed by atoms with van der Waals surface area (Å²) in [7, 11) is 0. The van der Waals surface area contributed by atoms with Crippen LogP contribution in [0.1, 0.15) is 32.2 Å². The molecule has 0 fully saturated rings. The zero-order valence-corrected chi connectivity index (χ0v) is 8.57. The van der Waals surface area contributed by atoms with Gasteiger partial charge >= 0.3 is 5.97 Å². The molecule has 1 aromatic heterocycles. The SMILES string of the molecule is CC(C)(C)Cc1nonc1CC(=O)O. The van der Waals surface area contributed by atoms with E-state index in [-0.39, 0.29) is 11.8 Å². The summed E-state index contributed by atoms with van der Waals surface area (Å²) in [6, 6.07) is 0. The maximum Gasteiger partial charge on any atom is 0.309 e. The Morgan fingerprint density at radius 3 is 2.43 bits per heavy atom. The molecule has 0 saturated heterocycles. The second kappa shape index (κ2) is 3.77. The molecular formula is C9H14N2O3. The highest BCUT2D eigenvalue weighted by molar-refractivity contribution is 5.69. The van der Waals surface area contributed by atoms with Crippen LogP contribution in [0.3, 0.4) is 0 Å². The van der Waals surface area contributed by atoms with Crippen LogP contribution < -0.4 is 0 Å². The number of aromatic nitrogens is 2. The first-order chi connectivity index (χ1) is 6.38. The topological polar surface area (TPSA) is 76.2 Å². The molecule has 0 bridgehead atoms. The standard InChI is InChI=1S/C9H14N2O3/c1-9(2,3)5-7-6(4-8(12)13)10-14-11-7/h4-5H2,1-3H3,(H,12,13). The van der Waals surface area contributed by atoms with Crippen molar-refractivity contribution in [1.82, 2.24) is 10.3 Å². The van der Waals surface area contributed by atoms with Crippen LogP contribution in [0.2, 0.25) is 0 Å². The number of rotatable bonds is 3. The molecule has 0 unspecified atom stereocenters. The van der Waals surface area contributed by atoms with E-state index >= 15 is 0 Å². The van der Waals surface area contributed by atoms with Crippen LogP contribution in [0, 0.1) is 5.41 Å².